The van der Waals surface area contributed by atoms with Crippen molar-refractivity contribution >= 4 is 29.5 Å². The van der Waals surface area contributed by atoms with Crippen LogP contribution >= 0.6 is 23.2 Å². The van der Waals surface area contributed by atoms with E-state index in [0.717, 1.165) is 19.6 Å². The van der Waals surface area contributed by atoms with Gasteiger partial charge in [-0.15, -0.1) is 0 Å². The lowest BCUT2D eigenvalue weighted by atomic mass is 10.2. The first-order valence-corrected chi connectivity index (χ1v) is 6.76. The summed E-state index contributed by atoms with van der Waals surface area (Å²) < 4.78 is 5.61. The van der Waals surface area contributed by atoms with Crippen molar-refractivity contribution in [3.8, 4) is 5.75 Å². The number of nitrogens with zero attached hydrogens (tertiary/aromatic N) is 1. The number of rotatable bonds is 5. The Hall–Kier alpha value is -0.770. The Morgan fingerprint density at radius 2 is 2.00 bits per heavy atom. The fourth-order valence-electron chi connectivity index (χ4n) is 2.06. The molecular formula is C13H15Cl2NO2. The molecule has 98 valence electrons. The van der Waals surface area contributed by atoms with Crippen LogP contribution in [0.15, 0.2) is 12.1 Å². The van der Waals surface area contributed by atoms with Crippen molar-refractivity contribution in [2.75, 3.05) is 26.2 Å². The predicted octanol–water partition coefficient (Wildman–Crippen LogP) is 3.28. The van der Waals surface area contributed by atoms with Gasteiger partial charge in [0.2, 0.25) is 0 Å². The van der Waals surface area contributed by atoms with Crippen molar-refractivity contribution in [2.24, 2.45) is 0 Å². The van der Waals surface area contributed by atoms with Gasteiger partial charge in [-0.25, -0.2) is 0 Å². The lowest BCUT2D eigenvalue weighted by molar-refractivity contribution is 0.112. The van der Waals surface area contributed by atoms with Crippen LogP contribution in [0, 0.1) is 0 Å². The fraction of sp³-hybridized carbons (Fsp3) is 0.462. The molecule has 5 heteroatoms. The van der Waals surface area contributed by atoms with E-state index in [2.05, 4.69) is 4.90 Å². The van der Waals surface area contributed by atoms with E-state index in [1.807, 2.05) is 0 Å². The molecule has 0 radical (unpaired) electrons. The van der Waals surface area contributed by atoms with Crippen molar-refractivity contribution in [1.82, 2.24) is 4.90 Å². The summed E-state index contributed by atoms with van der Waals surface area (Å²) in [6, 6.07) is 3.32. The van der Waals surface area contributed by atoms with Gasteiger partial charge in [-0.3, -0.25) is 9.69 Å². The molecule has 2 rings (SSSR count). The SMILES string of the molecule is O=Cc1c(Cl)ccc(OCCN2CCCC2)c1Cl. The summed E-state index contributed by atoms with van der Waals surface area (Å²) in [5.74, 6) is 0.516. The molecule has 1 saturated heterocycles. The zero-order valence-electron chi connectivity index (χ0n) is 9.99. The number of carbonyl (C=O) groups excluding carboxylic acids is 1. The molecule has 0 spiro atoms. The Balaban J connectivity index is 1.94. The summed E-state index contributed by atoms with van der Waals surface area (Å²) in [6.07, 6.45) is 3.17. The van der Waals surface area contributed by atoms with Crippen LogP contribution in [0.25, 0.3) is 0 Å². The van der Waals surface area contributed by atoms with Gasteiger partial charge < -0.3 is 4.74 Å². The highest BCUT2D eigenvalue weighted by Gasteiger charge is 2.13. The van der Waals surface area contributed by atoms with Gasteiger partial charge in [-0.2, -0.15) is 0 Å². The summed E-state index contributed by atoms with van der Waals surface area (Å²) in [5, 5.41) is 0.640. The van der Waals surface area contributed by atoms with Gasteiger partial charge in [0.25, 0.3) is 0 Å². The number of carbonyl (C=O) groups is 1. The molecule has 0 N–H and O–H groups in total. The minimum atomic E-state index is 0.289. The van der Waals surface area contributed by atoms with Crippen LogP contribution in [0.2, 0.25) is 10.0 Å². The largest absolute Gasteiger partial charge is 0.491 e. The van der Waals surface area contributed by atoms with Gasteiger partial charge in [0.15, 0.2) is 6.29 Å². The Labute approximate surface area is 117 Å². The Morgan fingerprint density at radius 1 is 1.28 bits per heavy atom. The van der Waals surface area contributed by atoms with Crippen molar-refractivity contribution in [1.29, 1.82) is 0 Å². The fourth-order valence-corrected chi connectivity index (χ4v) is 2.57. The molecule has 0 aliphatic carbocycles. The Bertz CT molecular complexity index is 431. The van der Waals surface area contributed by atoms with E-state index in [-0.39, 0.29) is 5.56 Å². The molecule has 1 aromatic carbocycles. The number of halogens is 2. The first kappa shape index (κ1) is 13.7. The smallest absolute Gasteiger partial charge is 0.153 e. The molecule has 1 aliphatic heterocycles. The van der Waals surface area contributed by atoms with Crippen molar-refractivity contribution in [3.05, 3.63) is 27.7 Å². The number of hydrogen-bond donors (Lipinski definition) is 0. The minimum absolute atomic E-state index is 0.289. The van der Waals surface area contributed by atoms with Crippen molar-refractivity contribution < 1.29 is 9.53 Å². The van der Waals surface area contributed by atoms with Crippen molar-refractivity contribution in [2.45, 2.75) is 12.8 Å². The number of aldehydes is 1. The highest BCUT2D eigenvalue weighted by Crippen LogP contribution is 2.32. The van der Waals surface area contributed by atoms with Crippen LogP contribution in [0.5, 0.6) is 5.75 Å². The maximum atomic E-state index is 10.9. The topological polar surface area (TPSA) is 29.5 Å². The lowest BCUT2D eigenvalue weighted by Crippen LogP contribution is -2.25. The third kappa shape index (κ3) is 3.16. The minimum Gasteiger partial charge on any atom is -0.491 e. The van der Waals surface area contributed by atoms with Crippen LogP contribution in [0.1, 0.15) is 23.2 Å². The Morgan fingerprint density at radius 3 is 2.67 bits per heavy atom. The molecule has 18 heavy (non-hydrogen) atoms. The molecule has 0 bridgehead atoms. The molecular weight excluding hydrogens is 273 g/mol. The summed E-state index contributed by atoms with van der Waals surface area (Å²) >= 11 is 11.9. The summed E-state index contributed by atoms with van der Waals surface area (Å²) in [7, 11) is 0. The van der Waals surface area contributed by atoms with E-state index in [1.54, 1.807) is 12.1 Å². The molecule has 1 aliphatic rings. The van der Waals surface area contributed by atoms with Crippen molar-refractivity contribution in [3.63, 3.8) is 0 Å². The average Bonchev–Trinajstić information content (AvgIpc) is 2.86. The molecule has 1 fully saturated rings. The number of ether oxygens (including phenoxy) is 1. The molecule has 0 aromatic heterocycles. The summed E-state index contributed by atoms with van der Waals surface area (Å²) in [6.45, 7) is 3.73. The third-order valence-corrected chi connectivity index (χ3v) is 3.79. The maximum absolute atomic E-state index is 10.9. The molecule has 3 nitrogen and oxygen atoms in total. The predicted molar refractivity (Wildman–Crippen MR) is 73.0 cm³/mol. The van der Waals surface area contributed by atoms with Crippen LogP contribution < -0.4 is 4.74 Å². The molecule has 0 unspecified atom stereocenters. The first-order chi connectivity index (χ1) is 8.72. The van der Waals surface area contributed by atoms with Crippen LogP contribution in [-0.2, 0) is 0 Å². The van der Waals surface area contributed by atoms with Crippen LogP contribution in [0.3, 0.4) is 0 Å². The number of hydrogen-bond acceptors (Lipinski definition) is 3. The first-order valence-electron chi connectivity index (χ1n) is 6.00. The quantitative estimate of drug-likeness (QED) is 0.779. The highest BCUT2D eigenvalue weighted by molar-refractivity contribution is 6.39. The lowest BCUT2D eigenvalue weighted by Gasteiger charge is -2.16. The maximum Gasteiger partial charge on any atom is 0.153 e. The van der Waals surface area contributed by atoms with Gasteiger partial charge in [-0.05, 0) is 38.1 Å². The standard InChI is InChI=1S/C13H15Cl2NO2/c14-11-3-4-12(13(15)10(11)9-17)18-8-7-16-5-1-2-6-16/h3-4,9H,1-2,5-8H2. The Kier molecular flexibility index (Phi) is 4.87. The van der Waals surface area contributed by atoms with E-state index in [1.165, 1.54) is 12.8 Å². The van der Waals surface area contributed by atoms with Crippen LogP contribution in [0.4, 0.5) is 0 Å². The second kappa shape index (κ2) is 6.41. The number of benzene rings is 1. The summed E-state index contributed by atoms with van der Waals surface area (Å²) in [5.41, 5.74) is 0.289. The molecule has 0 amide bonds. The van der Waals surface area contributed by atoms with Gasteiger partial charge in [0.1, 0.15) is 12.4 Å². The zero-order chi connectivity index (χ0) is 13.0. The molecule has 1 heterocycles. The second-order valence-electron chi connectivity index (χ2n) is 4.29. The highest BCUT2D eigenvalue weighted by atomic mass is 35.5. The molecule has 0 saturated carbocycles. The molecule has 0 atom stereocenters. The summed E-state index contributed by atoms with van der Waals surface area (Å²) in [4.78, 5) is 13.2. The average molecular weight is 288 g/mol. The third-order valence-electron chi connectivity index (χ3n) is 3.07. The van der Waals surface area contributed by atoms with E-state index >= 15 is 0 Å². The van der Waals surface area contributed by atoms with Gasteiger partial charge >= 0.3 is 0 Å². The van der Waals surface area contributed by atoms with Gasteiger partial charge in [-0.1, -0.05) is 23.2 Å². The van der Waals surface area contributed by atoms with Gasteiger partial charge in [0.05, 0.1) is 15.6 Å². The van der Waals surface area contributed by atoms with Crippen LogP contribution in [-0.4, -0.2) is 37.4 Å². The van der Waals surface area contributed by atoms with E-state index in [0.29, 0.717) is 28.7 Å². The molecule has 1 aromatic rings. The second-order valence-corrected chi connectivity index (χ2v) is 5.07. The monoisotopic (exact) mass is 287 g/mol. The zero-order valence-corrected chi connectivity index (χ0v) is 11.5. The number of likely N-dealkylation sites (tertiary alicyclic amines) is 1. The van der Waals surface area contributed by atoms with Gasteiger partial charge in [0, 0.05) is 6.54 Å². The normalized spacial score (nSPS) is 15.9. The van der Waals surface area contributed by atoms with E-state index < -0.39 is 0 Å². The van der Waals surface area contributed by atoms with E-state index in [9.17, 15) is 4.79 Å². The van der Waals surface area contributed by atoms with E-state index in [4.69, 9.17) is 27.9 Å².